The Balaban J connectivity index is 1.33. The molecule has 5 heteroatoms. The first-order valence-corrected chi connectivity index (χ1v) is 24.5. The smallest absolute Gasteiger partial charge is 0.264 e. The first kappa shape index (κ1) is 41.9. The summed E-state index contributed by atoms with van der Waals surface area (Å²) in [4.78, 5) is 5.31. The van der Waals surface area contributed by atoms with Crippen molar-refractivity contribution in [2.24, 2.45) is 0 Å². The van der Waals surface area contributed by atoms with Gasteiger partial charge in [-0.25, -0.2) is 0 Å². The number of thiophene rings is 2. The summed E-state index contributed by atoms with van der Waals surface area (Å²) in [6, 6.07) is 42.9. The molecule has 0 fully saturated rings. The van der Waals surface area contributed by atoms with E-state index < -0.39 is 0 Å². The topological polar surface area (TPSA) is 6.48 Å². The molecule has 0 bridgehead atoms. The van der Waals surface area contributed by atoms with Gasteiger partial charge < -0.3 is 9.80 Å². The Bertz CT molecular complexity index is 3110. The van der Waals surface area contributed by atoms with Crippen LogP contribution >= 0.6 is 22.7 Å². The molecule has 2 nitrogen and oxygen atoms in total. The van der Waals surface area contributed by atoms with Gasteiger partial charge in [0.05, 0.1) is 11.4 Å². The normalized spacial score (nSPS) is 14.1. The predicted octanol–water partition coefficient (Wildman–Crippen LogP) is 15.7. The Morgan fingerprint density at radius 3 is 1.68 bits per heavy atom. The van der Waals surface area contributed by atoms with Crippen molar-refractivity contribution < 1.29 is 0 Å². The Morgan fingerprint density at radius 2 is 1.05 bits per heavy atom. The van der Waals surface area contributed by atoms with Gasteiger partial charge in [-0.1, -0.05) is 132 Å². The fourth-order valence-electron chi connectivity index (χ4n) is 10.1. The summed E-state index contributed by atoms with van der Waals surface area (Å²) < 4.78 is 4.10. The molecule has 2 aromatic heterocycles. The molecule has 0 saturated heterocycles. The molecule has 318 valence electrons. The summed E-state index contributed by atoms with van der Waals surface area (Å²) in [5.41, 5.74) is 21.0. The molecule has 0 aliphatic carbocycles. The van der Waals surface area contributed by atoms with Gasteiger partial charge in [0.15, 0.2) is 0 Å². The van der Waals surface area contributed by atoms with Crippen molar-refractivity contribution in [2.45, 2.75) is 119 Å². The second-order valence-electron chi connectivity index (χ2n) is 22.5. The number of aryl methyl sites for hydroxylation is 2. The van der Waals surface area contributed by atoms with Crippen molar-refractivity contribution in [2.75, 3.05) is 9.80 Å². The molecule has 6 aromatic carbocycles. The molecule has 8 aromatic rings. The van der Waals surface area contributed by atoms with Crippen molar-refractivity contribution in [3.05, 3.63) is 148 Å². The van der Waals surface area contributed by atoms with E-state index in [1.807, 2.05) is 22.7 Å². The largest absolute Gasteiger partial charge is 0.311 e. The molecule has 0 amide bonds. The molecule has 2 aliphatic heterocycles. The monoisotopic (exact) mass is 860 g/mol. The van der Waals surface area contributed by atoms with Crippen molar-refractivity contribution in [3.8, 4) is 11.1 Å². The summed E-state index contributed by atoms with van der Waals surface area (Å²) in [6.45, 7) is 32.9. The zero-order chi connectivity index (χ0) is 44.7. The van der Waals surface area contributed by atoms with Crippen LogP contribution in [0.5, 0.6) is 0 Å². The Kier molecular flexibility index (Phi) is 9.44. The maximum Gasteiger partial charge on any atom is 0.264 e. The average Bonchev–Trinajstić information content (AvgIpc) is 3.81. The van der Waals surface area contributed by atoms with Crippen LogP contribution in [0.2, 0.25) is 0 Å². The maximum absolute atomic E-state index is 2.71. The van der Waals surface area contributed by atoms with E-state index in [-0.39, 0.29) is 28.4 Å². The van der Waals surface area contributed by atoms with E-state index in [0.29, 0.717) is 0 Å². The Labute approximate surface area is 384 Å². The van der Waals surface area contributed by atoms with E-state index in [1.165, 1.54) is 115 Å². The van der Waals surface area contributed by atoms with Gasteiger partial charge >= 0.3 is 0 Å². The van der Waals surface area contributed by atoms with Crippen LogP contribution in [0, 0.1) is 13.8 Å². The minimum absolute atomic E-state index is 0.00582. The molecule has 0 radical (unpaired) electrons. The van der Waals surface area contributed by atoms with E-state index in [1.54, 1.807) is 0 Å². The minimum Gasteiger partial charge on any atom is -0.311 e. The van der Waals surface area contributed by atoms with Crippen LogP contribution in [0.4, 0.5) is 34.1 Å². The lowest BCUT2D eigenvalue weighted by Gasteiger charge is -2.45. The maximum atomic E-state index is 2.71. The quantitative estimate of drug-likeness (QED) is 0.163. The third-order valence-electron chi connectivity index (χ3n) is 13.8. The van der Waals surface area contributed by atoms with E-state index >= 15 is 0 Å². The molecule has 63 heavy (non-hydrogen) atoms. The second kappa shape index (κ2) is 14.2. The molecule has 4 heterocycles. The number of fused-ring (bicyclic) bond motifs is 7. The van der Waals surface area contributed by atoms with Gasteiger partial charge in [-0.3, -0.25) is 0 Å². The van der Waals surface area contributed by atoms with Gasteiger partial charge in [0.1, 0.15) is 0 Å². The van der Waals surface area contributed by atoms with Crippen LogP contribution in [-0.4, -0.2) is 6.71 Å². The van der Waals surface area contributed by atoms with Gasteiger partial charge in [0.25, 0.3) is 6.71 Å². The molecule has 0 N–H and O–H groups in total. The number of hydrogen-bond acceptors (Lipinski definition) is 4. The fraction of sp³-hybridized carbons (Fsp3) is 0.310. The highest BCUT2D eigenvalue weighted by Gasteiger charge is 2.47. The highest BCUT2D eigenvalue weighted by Crippen LogP contribution is 2.52. The number of hydrogen-bond donors (Lipinski definition) is 0. The molecule has 0 unspecified atom stereocenters. The van der Waals surface area contributed by atoms with Crippen LogP contribution in [0.1, 0.15) is 116 Å². The van der Waals surface area contributed by atoms with Crippen molar-refractivity contribution in [3.63, 3.8) is 0 Å². The van der Waals surface area contributed by atoms with Gasteiger partial charge in [-0.15, -0.1) is 22.7 Å². The van der Waals surface area contributed by atoms with Crippen molar-refractivity contribution >= 4 is 99.4 Å². The van der Waals surface area contributed by atoms with Crippen molar-refractivity contribution in [1.82, 2.24) is 0 Å². The van der Waals surface area contributed by atoms with Crippen molar-refractivity contribution in [1.29, 1.82) is 0 Å². The second-order valence-corrected chi connectivity index (χ2v) is 24.5. The third kappa shape index (κ3) is 6.79. The van der Waals surface area contributed by atoms with E-state index in [0.717, 1.165) is 0 Å². The van der Waals surface area contributed by atoms with E-state index in [4.69, 9.17) is 0 Å². The number of benzene rings is 6. The lowest BCUT2D eigenvalue weighted by molar-refractivity contribution is 0.589. The van der Waals surface area contributed by atoms with Gasteiger partial charge in [-0.05, 0) is 151 Å². The van der Waals surface area contributed by atoms with Gasteiger partial charge in [0.2, 0.25) is 0 Å². The molecule has 0 saturated carbocycles. The van der Waals surface area contributed by atoms with Crippen LogP contribution in [0.25, 0.3) is 31.3 Å². The predicted molar refractivity (Wildman–Crippen MR) is 281 cm³/mol. The molecule has 2 aliphatic rings. The van der Waals surface area contributed by atoms with Gasteiger partial charge in [-0.2, -0.15) is 0 Å². The summed E-state index contributed by atoms with van der Waals surface area (Å²) in [5.74, 6) is 0. The summed E-state index contributed by atoms with van der Waals surface area (Å²) in [6.07, 6.45) is 0. The zero-order valence-electron chi connectivity index (χ0n) is 39.8. The minimum atomic E-state index is -0.102. The first-order valence-electron chi connectivity index (χ1n) is 22.8. The van der Waals surface area contributed by atoms with Gasteiger partial charge in [0, 0.05) is 53.3 Å². The van der Waals surface area contributed by atoms with Crippen LogP contribution in [0.15, 0.2) is 115 Å². The first-order chi connectivity index (χ1) is 29.6. The fourth-order valence-corrected chi connectivity index (χ4v) is 12.4. The molecular weight excluding hydrogens is 800 g/mol. The van der Waals surface area contributed by atoms with E-state index in [9.17, 15) is 0 Å². The van der Waals surface area contributed by atoms with Crippen LogP contribution < -0.4 is 25.5 Å². The summed E-state index contributed by atoms with van der Waals surface area (Å²) in [7, 11) is 0. The average molecular weight is 861 g/mol. The highest BCUT2D eigenvalue weighted by molar-refractivity contribution is 7.33. The molecule has 10 rings (SSSR count). The molecular formula is C58H61BN2S2. The standard InChI is InChI=1S/C58H61BN2S2/c1-34-27-36(44-33-62-49-18-16-15-17-42(44)49)28-35(2)52(34)61-48-32-40(58(12,13)14)31-47-51(48)59(54-53(61)43-29-38(56(6,7)8)22-26-50(43)63-54)45-30-39(57(9,10)11)21-25-46(45)60(47)41-23-19-37(20-24-41)55(3,4)5/h15-33H,1-14H3. The third-order valence-corrected chi connectivity index (χ3v) is 15.9. The number of anilines is 6. The van der Waals surface area contributed by atoms with Crippen LogP contribution in [-0.2, 0) is 21.7 Å². The lowest BCUT2D eigenvalue weighted by Crippen LogP contribution is -2.60. The Hall–Kier alpha value is -5.10. The molecule has 0 atom stereocenters. The highest BCUT2D eigenvalue weighted by atomic mass is 32.1. The summed E-state index contributed by atoms with van der Waals surface area (Å²) >= 11 is 3.84. The zero-order valence-corrected chi connectivity index (χ0v) is 41.4. The Morgan fingerprint density at radius 1 is 0.476 bits per heavy atom. The number of nitrogens with zero attached hydrogens (tertiary/aromatic N) is 2. The van der Waals surface area contributed by atoms with Crippen LogP contribution in [0.3, 0.4) is 0 Å². The number of rotatable bonds is 3. The lowest BCUT2D eigenvalue weighted by atomic mass is 9.36. The SMILES string of the molecule is Cc1cc(-c2csc3ccccc23)cc(C)c1N1c2cc(C(C)(C)C)cc3c2B(c2cc(C(C)(C)C)ccc2N3c2ccc(C(C)(C)C)cc2)c2sc3ccc(C(C)(C)C)cc3c21. The molecule has 0 spiro atoms. The summed E-state index contributed by atoms with van der Waals surface area (Å²) in [5, 5.41) is 5.01. The van der Waals surface area contributed by atoms with E-state index in [2.05, 4.69) is 221 Å².